The summed E-state index contributed by atoms with van der Waals surface area (Å²) >= 11 is 0. The SMILES string of the molecule is C[C@@H]1CN(Cc2ccc(F)cc2)[C@@H](C)CN1C(=O)COc1c([N+](=O)[O-])c([N+](=O)[O-])cc2ccc(S(=O)(=O)O)cc12. The number of amides is 1. The molecule has 0 aromatic heterocycles. The smallest absolute Gasteiger partial charge is 0.388 e. The molecule has 1 fully saturated rings. The summed E-state index contributed by atoms with van der Waals surface area (Å²) in [6.45, 7) is 4.29. The highest BCUT2D eigenvalue weighted by molar-refractivity contribution is 7.85. The molecule has 1 aliphatic heterocycles. The van der Waals surface area contributed by atoms with E-state index in [-0.39, 0.29) is 35.2 Å². The number of hydrogen-bond acceptors (Lipinski definition) is 9. The van der Waals surface area contributed by atoms with Gasteiger partial charge in [-0.15, -0.1) is 0 Å². The normalized spacial score (nSPS) is 18.1. The highest BCUT2D eigenvalue weighted by Crippen LogP contribution is 2.43. The summed E-state index contributed by atoms with van der Waals surface area (Å²) in [5.74, 6) is -1.55. The van der Waals surface area contributed by atoms with Crippen LogP contribution in [0.5, 0.6) is 5.75 Å². The van der Waals surface area contributed by atoms with Crippen molar-refractivity contribution in [2.75, 3.05) is 19.7 Å². The zero-order valence-corrected chi connectivity index (χ0v) is 22.2. The fourth-order valence-corrected chi connectivity index (χ4v) is 5.25. The van der Waals surface area contributed by atoms with Crippen LogP contribution in [0.1, 0.15) is 19.4 Å². The molecule has 0 saturated carbocycles. The first-order chi connectivity index (χ1) is 18.8. The van der Waals surface area contributed by atoms with Gasteiger partial charge in [-0.2, -0.15) is 8.42 Å². The van der Waals surface area contributed by atoms with E-state index in [4.69, 9.17) is 4.74 Å². The number of benzene rings is 3. The van der Waals surface area contributed by atoms with Crippen LogP contribution in [-0.2, 0) is 21.5 Å². The Kier molecular flexibility index (Phi) is 8.00. The number of carbonyl (C=O) groups excluding carboxylic acids is 1. The van der Waals surface area contributed by atoms with E-state index in [9.17, 15) is 42.4 Å². The number of nitro groups is 2. The maximum absolute atomic E-state index is 13.3. The molecule has 1 N–H and O–H groups in total. The van der Waals surface area contributed by atoms with Crippen molar-refractivity contribution in [3.8, 4) is 5.75 Å². The Hall–Kier alpha value is -4.21. The molecule has 1 heterocycles. The number of halogens is 1. The van der Waals surface area contributed by atoms with Gasteiger partial charge in [0, 0.05) is 43.2 Å². The third-order valence-electron chi connectivity index (χ3n) is 6.77. The van der Waals surface area contributed by atoms with E-state index in [0.717, 1.165) is 29.8 Å². The molecule has 0 aliphatic carbocycles. The molecule has 4 rings (SSSR count). The van der Waals surface area contributed by atoms with E-state index >= 15 is 0 Å². The summed E-state index contributed by atoms with van der Waals surface area (Å²) in [5, 5.41) is 23.3. The van der Waals surface area contributed by atoms with E-state index in [2.05, 4.69) is 4.90 Å². The fourth-order valence-electron chi connectivity index (χ4n) is 4.75. The van der Waals surface area contributed by atoms with Gasteiger partial charge in [0.2, 0.25) is 5.75 Å². The predicted octanol–water partition coefficient (Wildman–Crippen LogP) is 3.54. The molecule has 1 aliphatic rings. The molecule has 2 atom stereocenters. The summed E-state index contributed by atoms with van der Waals surface area (Å²) in [6.07, 6.45) is 0. The molecule has 0 bridgehead atoms. The average molecular weight is 577 g/mol. The van der Waals surface area contributed by atoms with Crippen molar-refractivity contribution >= 4 is 38.2 Å². The minimum Gasteiger partial charge on any atom is -0.476 e. The van der Waals surface area contributed by atoms with Gasteiger partial charge in [0.05, 0.1) is 14.7 Å². The second-order valence-electron chi connectivity index (χ2n) is 9.53. The number of fused-ring (bicyclic) bond motifs is 1. The van der Waals surface area contributed by atoms with Crippen LogP contribution in [-0.4, -0.2) is 70.3 Å². The fraction of sp³-hybridized carbons (Fsp3) is 0.320. The van der Waals surface area contributed by atoms with Crippen LogP contribution < -0.4 is 4.74 Å². The molecule has 3 aromatic carbocycles. The maximum Gasteiger partial charge on any atom is 0.388 e. The van der Waals surface area contributed by atoms with Gasteiger partial charge in [-0.25, -0.2) is 4.39 Å². The van der Waals surface area contributed by atoms with Crippen LogP contribution >= 0.6 is 0 Å². The lowest BCUT2D eigenvalue weighted by Gasteiger charge is -2.44. The summed E-state index contributed by atoms with van der Waals surface area (Å²) in [6, 6.07) is 9.60. The van der Waals surface area contributed by atoms with Gasteiger partial charge in [0.25, 0.3) is 16.0 Å². The number of nitro benzene ring substituents is 2. The number of hydrogen-bond donors (Lipinski definition) is 1. The predicted molar refractivity (Wildman–Crippen MR) is 140 cm³/mol. The molecule has 1 amide bonds. The highest BCUT2D eigenvalue weighted by atomic mass is 32.2. The van der Waals surface area contributed by atoms with Crippen molar-refractivity contribution in [1.29, 1.82) is 0 Å². The van der Waals surface area contributed by atoms with E-state index < -0.39 is 54.5 Å². The van der Waals surface area contributed by atoms with E-state index in [1.54, 1.807) is 12.1 Å². The molecule has 13 nitrogen and oxygen atoms in total. The highest BCUT2D eigenvalue weighted by Gasteiger charge is 2.35. The number of piperazine rings is 1. The Balaban J connectivity index is 1.60. The molecular formula is C25H25FN4O9S. The number of ether oxygens (including phenoxy) is 1. The lowest BCUT2D eigenvalue weighted by Crippen LogP contribution is -2.58. The summed E-state index contributed by atoms with van der Waals surface area (Å²) in [4.78, 5) is 37.7. The molecule has 3 aromatic rings. The van der Waals surface area contributed by atoms with Gasteiger partial charge >= 0.3 is 11.4 Å². The second-order valence-corrected chi connectivity index (χ2v) is 11.0. The topological polar surface area (TPSA) is 173 Å². The number of carbonyl (C=O) groups is 1. The second kappa shape index (κ2) is 11.1. The van der Waals surface area contributed by atoms with Gasteiger partial charge in [-0.05, 0) is 49.1 Å². The Labute approximate surface area is 227 Å². The molecule has 0 radical (unpaired) electrons. The Morgan fingerprint density at radius 2 is 1.73 bits per heavy atom. The van der Waals surface area contributed by atoms with Crippen molar-refractivity contribution in [3.05, 3.63) is 80.1 Å². The zero-order chi connectivity index (χ0) is 29.4. The maximum atomic E-state index is 13.3. The Bertz CT molecular complexity index is 1600. The largest absolute Gasteiger partial charge is 0.476 e. The van der Waals surface area contributed by atoms with Crippen LogP contribution in [0.25, 0.3) is 10.8 Å². The lowest BCUT2D eigenvalue weighted by molar-refractivity contribution is -0.422. The van der Waals surface area contributed by atoms with E-state index in [1.807, 2.05) is 13.8 Å². The number of nitrogens with zero attached hydrogens (tertiary/aromatic N) is 4. The van der Waals surface area contributed by atoms with E-state index in [0.29, 0.717) is 13.1 Å². The minimum absolute atomic E-state index is 0.0311. The summed E-state index contributed by atoms with van der Waals surface area (Å²) in [7, 11) is -4.72. The zero-order valence-electron chi connectivity index (χ0n) is 21.4. The Morgan fingerprint density at radius 3 is 2.33 bits per heavy atom. The van der Waals surface area contributed by atoms with Crippen LogP contribution in [0, 0.1) is 26.0 Å². The van der Waals surface area contributed by atoms with E-state index in [1.165, 1.54) is 17.0 Å². The first-order valence-corrected chi connectivity index (χ1v) is 13.5. The van der Waals surface area contributed by atoms with Crippen molar-refractivity contribution in [2.24, 2.45) is 0 Å². The number of rotatable bonds is 8. The van der Waals surface area contributed by atoms with Crippen LogP contribution in [0.4, 0.5) is 15.8 Å². The molecule has 0 unspecified atom stereocenters. The van der Waals surface area contributed by atoms with Crippen molar-refractivity contribution in [3.63, 3.8) is 0 Å². The average Bonchev–Trinajstić information content (AvgIpc) is 2.88. The van der Waals surface area contributed by atoms with Crippen molar-refractivity contribution < 1.29 is 36.7 Å². The monoisotopic (exact) mass is 576 g/mol. The van der Waals surface area contributed by atoms with Gasteiger partial charge in [0.1, 0.15) is 5.82 Å². The third kappa shape index (κ3) is 6.00. The van der Waals surface area contributed by atoms with Crippen LogP contribution in [0.3, 0.4) is 0 Å². The van der Waals surface area contributed by atoms with Crippen molar-refractivity contribution in [1.82, 2.24) is 9.80 Å². The molecular weight excluding hydrogens is 551 g/mol. The molecule has 212 valence electrons. The van der Waals surface area contributed by atoms with Crippen molar-refractivity contribution in [2.45, 2.75) is 37.4 Å². The molecule has 0 spiro atoms. The van der Waals surface area contributed by atoms with Gasteiger partial charge in [-0.1, -0.05) is 18.2 Å². The van der Waals surface area contributed by atoms with Gasteiger partial charge < -0.3 is 9.64 Å². The minimum atomic E-state index is -4.72. The molecule has 15 heteroatoms. The quantitative estimate of drug-likeness (QED) is 0.237. The summed E-state index contributed by atoms with van der Waals surface area (Å²) < 4.78 is 51.6. The standard InChI is InChI=1S/C25H25FN4O9S/c1-15-12-28(16(2)11-27(15)13-17-3-6-19(26)7-4-17)23(31)14-39-25-21-10-20(40(36,37)38)8-5-18(21)9-22(29(32)33)24(25)30(34)35/h3-10,15-16H,11-14H2,1-2H3,(H,36,37,38)/t15-,16+/m0/s1. The summed E-state index contributed by atoms with van der Waals surface area (Å²) in [5.41, 5.74) is -1.06. The van der Waals surface area contributed by atoms with Gasteiger partial charge in [0.15, 0.2) is 6.61 Å². The van der Waals surface area contributed by atoms with Crippen LogP contribution in [0.2, 0.25) is 0 Å². The molecule has 1 saturated heterocycles. The van der Waals surface area contributed by atoms with Crippen LogP contribution in [0.15, 0.2) is 53.4 Å². The molecule has 40 heavy (non-hydrogen) atoms. The third-order valence-corrected chi connectivity index (χ3v) is 7.62. The Morgan fingerprint density at radius 1 is 1.05 bits per heavy atom. The first-order valence-electron chi connectivity index (χ1n) is 12.0. The first kappa shape index (κ1) is 28.8. The lowest BCUT2D eigenvalue weighted by atomic mass is 10.1. The van der Waals surface area contributed by atoms with Gasteiger partial charge in [-0.3, -0.25) is 34.5 Å².